The van der Waals surface area contributed by atoms with Crippen LogP contribution in [0.2, 0.25) is 0 Å². The summed E-state index contributed by atoms with van der Waals surface area (Å²) in [5.74, 6) is 0.228. The maximum absolute atomic E-state index is 12.3. The molecule has 3 N–H and O–H groups in total. The molecule has 2 atom stereocenters. The van der Waals surface area contributed by atoms with E-state index in [0.29, 0.717) is 23.6 Å². The van der Waals surface area contributed by atoms with Crippen LogP contribution >= 0.6 is 0 Å². The number of benzene rings is 1. The molecule has 1 aliphatic rings. The smallest absolute Gasteiger partial charge is 0.251 e. The Hall–Kier alpha value is -1.40. The summed E-state index contributed by atoms with van der Waals surface area (Å²) in [6, 6.07) is 6.88. The summed E-state index contributed by atoms with van der Waals surface area (Å²) in [5.41, 5.74) is 7.02. The van der Waals surface area contributed by atoms with E-state index in [1.807, 2.05) is 0 Å². The minimum absolute atomic E-state index is 0.00717. The first-order valence-corrected chi connectivity index (χ1v) is 9.72. The highest BCUT2D eigenvalue weighted by Crippen LogP contribution is 2.23. The average molecular weight is 324 g/mol. The lowest BCUT2D eigenvalue weighted by Gasteiger charge is -2.31. The second-order valence-electron chi connectivity index (χ2n) is 6.13. The Balaban J connectivity index is 2.00. The van der Waals surface area contributed by atoms with Crippen molar-refractivity contribution in [1.82, 2.24) is 5.32 Å². The van der Waals surface area contributed by atoms with Crippen LogP contribution < -0.4 is 11.1 Å². The van der Waals surface area contributed by atoms with E-state index >= 15 is 0 Å². The zero-order chi connectivity index (χ0) is 16.2. The molecule has 2 rings (SSSR count). The minimum Gasteiger partial charge on any atom is -0.349 e. The van der Waals surface area contributed by atoms with Crippen molar-refractivity contribution >= 4 is 15.7 Å². The molecule has 1 amide bonds. The first kappa shape index (κ1) is 17.0. The van der Waals surface area contributed by atoms with Crippen LogP contribution in [0.15, 0.2) is 24.3 Å². The van der Waals surface area contributed by atoms with E-state index in [1.54, 1.807) is 24.3 Å². The molecule has 0 heterocycles. The molecule has 0 bridgehead atoms. The van der Waals surface area contributed by atoms with E-state index in [0.717, 1.165) is 19.3 Å². The zero-order valence-corrected chi connectivity index (χ0v) is 13.7. The van der Waals surface area contributed by atoms with Crippen molar-refractivity contribution < 1.29 is 13.2 Å². The van der Waals surface area contributed by atoms with Gasteiger partial charge in [0.25, 0.3) is 5.91 Å². The maximum Gasteiger partial charge on any atom is 0.251 e. The van der Waals surface area contributed by atoms with Gasteiger partial charge in [-0.1, -0.05) is 25.0 Å². The highest BCUT2D eigenvalue weighted by atomic mass is 32.2. The van der Waals surface area contributed by atoms with Crippen LogP contribution in [0.4, 0.5) is 0 Å². The molecule has 0 spiro atoms. The Kier molecular flexibility index (Phi) is 5.58. The molecular weight excluding hydrogens is 300 g/mol. The van der Waals surface area contributed by atoms with Crippen molar-refractivity contribution in [2.75, 3.05) is 12.8 Å². The van der Waals surface area contributed by atoms with Gasteiger partial charge in [-0.3, -0.25) is 4.79 Å². The van der Waals surface area contributed by atoms with Crippen LogP contribution in [-0.4, -0.2) is 33.2 Å². The molecule has 122 valence electrons. The number of hydrogen-bond acceptors (Lipinski definition) is 4. The predicted molar refractivity (Wildman–Crippen MR) is 87.3 cm³/mol. The van der Waals surface area contributed by atoms with Crippen molar-refractivity contribution in [2.24, 2.45) is 11.7 Å². The lowest BCUT2D eigenvalue weighted by Crippen LogP contribution is -2.44. The molecule has 22 heavy (non-hydrogen) atoms. The Bertz CT molecular complexity index is 611. The van der Waals surface area contributed by atoms with Crippen molar-refractivity contribution in [1.29, 1.82) is 0 Å². The van der Waals surface area contributed by atoms with Gasteiger partial charge in [0.1, 0.15) is 0 Å². The molecule has 5 nitrogen and oxygen atoms in total. The third kappa shape index (κ3) is 4.81. The quantitative estimate of drug-likeness (QED) is 0.858. The van der Waals surface area contributed by atoms with Crippen LogP contribution in [0, 0.1) is 5.92 Å². The second-order valence-corrected chi connectivity index (χ2v) is 8.27. The number of hydrogen-bond donors (Lipinski definition) is 2. The topological polar surface area (TPSA) is 89.3 Å². The van der Waals surface area contributed by atoms with E-state index < -0.39 is 9.84 Å². The van der Waals surface area contributed by atoms with Crippen molar-refractivity contribution in [2.45, 2.75) is 37.5 Å². The van der Waals surface area contributed by atoms with Crippen LogP contribution in [0.3, 0.4) is 0 Å². The molecule has 0 aromatic heterocycles. The maximum atomic E-state index is 12.3. The van der Waals surface area contributed by atoms with Crippen LogP contribution in [-0.2, 0) is 15.6 Å². The number of amides is 1. The summed E-state index contributed by atoms with van der Waals surface area (Å²) in [7, 11) is -3.06. The normalized spacial score (nSPS) is 22.3. The summed E-state index contributed by atoms with van der Waals surface area (Å²) in [4.78, 5) is 12.3. The number of sulfone groups is 1. The number of rotatable bonds is 5. The zero-order valence-electron chi connectivity index (χ0n) is 12.9. The standard InChI is InChI=1S/C16H24N2O3S/c1-22(20,21)11-12-6-8-13(9-7-12)16(19)18-15-5-3-2-4-14(15)10-17/h6-9,14-15H,2-5,10-11,17H2,1H3,(H,18,19). The summed E-state index contributed by atoms with van der Waals surface area (Å²) in [6.07, 6.45) is 5.53. The van der Waals surface area contributed by atoms with Gasteiger partial charge in [-0.25, -0.2) is 8.42 Å². The molecule has 0 saturated heterocycles. The lowest BCUT2D eigenvalue weighted by molar-refractivity contribution is 0.0908. The number of carbonyl (C=O) groups is 1. The third-order valence-electron chi connectivity index (χ3n) is 4.17. The van der Waals surface area contributed by atoms with Crippen molar-refractivity contribution in [3.63, 3.8) is 0 Å². The van der Waals surface area contributed by atoms with Gasteiger partial charge in [0.15, 0.2) is 9.84 Å². The summed E-state index contributed by atoms with van der Waals surface area (Å²) < 4.78 is 22.5. The Morgan fingerprint density at radius 3 is 2.45 bits per heavy atom. The molecule has 0 aliphatic heterocycles. The van der Waals surface area contributed by atoms with Crippen LogP contribution in [0.25, 0.3) is 0 Å². The third-order valence-corrected chi connectivity index (χ3v) is 5.03. The largest absolute Gasteiger partial charge is 0.349 e. The molecule has 0 radical (unpaired) electrons. The predicted octanol–water partition coefficient (Wildman–Crippen LogP) is 1.48. The van der Waals surface area contributed by atoms with Gasteiger partial charge in [0, 0.05) is 17.9 Å². The van der Waals surface area contributed by atoms with E-state index in [-0.39, 0.29) is 17.7 Å². The fraction of sp³-hybridized carbons (Fsp3) is 0.562. The van der Waals surface area contributed by atoms with E-state index in [4.69, 9.17) is 5.73 Å². The highest BCUT2D eigenvalue weighted by molar-refractivity contribution is 7.89. The number of nitrogens with two attached hydrogens (primary N) is 1. The van der Waals surface area contributed by atoms with Gasteiger partial charge < -0.3 is 11.1 Å². The number of nitrogens with one attached hydrogen (secondary N) is 1. The minimum atomic E-state index is -3.06. The molecule has 1 aromatic carbocycles. The SMILES string of the molecule is CS(=O)(=O)Cc1ccc(C(=O)NC2CCCCC2CN)cc1. The molecule has 1 aliphatic carbocycles. The first-order valence-electron chi connectivity index (χ1n) is 7.66. The fourth-order valence-electron chi connectivity index (χ4n) is 2.99. The van der Waals surface area contributed by atoms with Crippen molar-refractivity contribution in [3.8, 4) is 0 Å². The average Bonchev–Trinajstić information content (AvgIpc) is 2.47. The summed E-state index contributed by atoms with van der Waals surface area (Å²) in [5, 5.41) is 3.07. The van der Waals surface area contributed by atoms with Gasteiger partial charge >= 0.3 is 0 Å². The van der Waals surface area contributed by atoms with Crippen LogP contribution in [0.1, 0.15) is 41.6 Å². The summed E-state index contributed by atoms with van der Waals surface area (Å²) in [6.45, 7) is 0.595. The van der Waals surface area contributed by atoms with Crippen molar-refractivity contribution in [3.05, 3.63) is 35.4 Å². The molecule has 2 unspecified atom stereocenters. The van der Waals surface area contributed by atoms with Gasteiger partial charge in [0.2, 0.25) is 0 Å². The lowest BCUT2D eigenvalue weighted by atomic mass is 9.84. The van der Waals surface area contributed by atoms with E-state index in [2.05, 4.69) is 5.32 Å². The molecular formula is C16H24N2O3S. The van der Waals surface area contributed by atoms with Gasteiger partial charge in [-0.15, -0.1) is 0 Å². The summed E-state index contributed by atoms with van der Waals surface area (Å²) >= 11 is 0. The van der Waals surface area contributed by atoms with Gasteiger partial charge in [-0.2, -0.15) is 0 Å². The molecule has 1 saturated carbocycles. The Morgan fingerprint density at radius 2 is 1.86 bits per heavy atom. The van der Waals surface area contributed by atoms with Gasteiger partial charge in [-0.05, 0) is 43.0 Å². The molecule has 1 aromatic rings. The van der Waals surface area contributed by atoms with E-state index in [1.165, 1.54) is 12.7 Å². The van der Waals surface area contributed by atoms with Gasteiger partial charge in [0.05, 0.1) is 5.75 Å². The molecule has 6 heteroatoms. The number of carbonyl (C=O) groups excluding carboxylic acids is 1. The van der Waals surface area contributed by atoms with E-state index in [9.17, 15) is 13.2 Å². The Labute approximate surface area is 132 Å². The van der Waals surface area contributed by atoms with Crippen LogP contribution in [0.5, 0.6) is 0 Å². The highest BCUT2D eigenvalue weighted by Gasteiger charge is 2.25. The monoisotopic (exact) mass is 324 g/mol. The first-order chi connectivity index (χ1) is 10.4. The second kappa shape index (κ2) is 7.24. The molecule has 1 fully saturated rings. The Morgan fingerprint density at radius 1 is 1.23 bits per heavy atom. The fourth-order valence-corrected chi connectivity index (χ4v) is 3.78.